The Labute approximate surface area is 111 Å². The Hall–Kier alpha value is -0.570. The molecule has 2 N–H and O–H groups in total. The number of hydrogen-bond donors (Lipinski definition) is 1. The fraction of sp³-hybridized carbons (Fsp3) is 0.933. The predicted molar refractivity (Wildman–Crippen MR) is 74.2 cm³/mol. The number of rotatable bonds is 4. The number of nitrogens with zero attached hydrogens (tertiary/aromatic N) is 1. The van der Waals surface area contributed by atoms with Crippen molar-refractivity contribution < 1.29 is 4.79 Å². The number of carbonyl (C=O) groups excluding carboxylic acids is 1. The van der Waals surface area contributed by atoms with Crippen LogP contribution in [-0.2, 0) is 4.79 Å². The molecule has 0 radical (unpaired) electrons. The van der Waals surface area contributed by atoms with E-state index in [1.165, 1.54) is 51.4 Å². The first-order valence-electron chi connectivity index (χ1n) is 7.83. The Morgan fingerprint density at radius 3 is 2.06 bits per heavy atom. The number of nitrogens with two attached hydrogens (primary N) is 1. The summed E-state index contributed by atoms with van der Waals surface area (Å²) in [7, 11) is 0. The molecule has 0 aromatic carbocycles. The molecule has 104 valence electrons. The van der Waals surface area contributed by atoms with E-state index in [4.69, 9.17) is 5.73 Å². The summed E-state index contributed by atoms with van der Waals surface area (Å²) in [5.74, 6) is 0.703. The van der Waals surface area contributed by atoms with Crippen molar-refractivity contribution >= 4 is 5.91 Å². The van der Waals surface area contributed by atoms with Crippen molar-refractivity contribution in [1.29, 1.82) is 0 Å². The fourth-order valence-corrected chi connectivity index (χ4v) is 3.59. The van der Waals surface area contributed by atoms with Crippen molar-refractivity contribution in [2.75, 3.05) is 13.1 Å². The van der Waals surface area contributed by atoms with Gasteiger partial charge in [-0.2, -0.15) is 0 Å². The third-order valence-electron chi connectivity index (χ3n) is 4.62. The Bertz CT molecular complexity index is 253. The highest BCUT2D eigenvalue weighted by Crippen LogP contribution is 2.29. The molecule has 2 rings (SSSR count). The quantitative estimate of drug-likeness (QED) is 0.782. The van der Waals surface area contributed by atoms with Crippen LogP contribution in [0.4, 0.5) is 0 Å². The van der Waals surface area contributed by atoms with Crippen molar-refractivity contribution in [2.45, 2.75) is 70.3 Å². The molecule has 2 aliphatic rings. The molecule has 18 heavy (non-hydrogen) atoms. The lowest BCUT2D eigenvalue weighted by atomic mass is 9.97. The zero-order valence-corrected chi connectivity index (χ0v) is 11.6. The lowest BCUT2D eigenvalue weighted by Gasteiger charge is -2.32. The summed E-state index contributed by atoms with van der Waals surface area (Å²) in [4.78, 5) is 14.8. The van der Waals surface area contributed by atoms with Gasteiger partial charge in [-0.15, -0.1) is 0 Å². The van der Waals surface area contributed by atoms with Gasteiger partial charge >= 0.3 is 0 Å². The van der Waals surface area contributed by atoms with E-state index in [1.807, 2.05) is 0 Å². The molecule has 2 aliphatic carbocycles. The predicted octanol–water partition coefficient (Wildman–Crippen LogP) is 2.69. The van der Waals surface area contributed by atoms with E-state index in [0.29, 0.717) is 24.4 Å². The summed E-state index contributed by atoms with van der Waals surface area (Å²) in [6.45, 7) is 1.37. The van der Waals surface area contributed by atoms with Gasteiger partial charge in [0.2, 0.25) is 5.91 Å². The largest absolute Gasteiger partial charge is 0.338 e. The number of carbonyl (C=O) groups is 1. The Balaban J connectivity index is 1.96. The van der Waals surface area contributed by atoms with Crippen molar-refractivity contribution in [3.8, 4) is 0 Å². The molecule has 0 heterocycles. The molecular formula is C15H28N2O. The maximum atomic E-state index is 12.7. The van der Waals surface area contributed by atoms with Gasteiger partial charge in [-0.3, -0.25) is 4.79 Å². The van der Waals surface area contributed by atoms with Gasteiger partial charge in [-0.05, 0) is 25.7 Å². The van der Waals surface area contributed by atoms with Crippen LogP contribution in [0.5, 0.6) is 0 Å². The second kappa shape index (κ2) is 7.13. The van der Waals surface area contributed by atoms with Crippen LogP contribution in [0.1, 0.15) is 64.2 Å². The lowest BCUT2D eigenvalue weighted by molar-refractivity contribution is -0.138. The topological polar surface area (TPSA) is 46.3 Å². The van der Waals surface area contributed by atoms with E-state index >= 15 is 0 Å². The molecule has 0 atom stereocenters. The van der Waals surface area contributed by atoms with Crippen molar-refractivity contribution in [3.05, 3.63) is 0 Å². The molecule has 0 aromatic heterocycles. The number of hydrogen-bond acceptors (Lipinski definition) is 2. The van der Waals surface area contributed by atoms with Gasteiger partial charge in [-0.1, -0.05) is 38.5 Å². The monoisotopic (exact) mass is 252 g/mol. The van der Waals surface area contributed by atoms with Crippen LogP contribution in [0, 0.1) is 5.92 Å². The van der Waals surface area contributed by atoms with Crippen LogP contribution < -0.4 is 5.73 Å². The molecule has 0 aliphatic heterocycles. The van der Waals surface area contributed by atoms with Crippen LogP contribution >= 0.6 is 0 Å². The highest BCUT2D eigenvalue weighted by atomic mass is 16.2. The molecular weight excluding hydrogens is 224 g/mol. The van der Waals surface area contributed by atoms with Crippen LogP contribution in [0.3, 0.4) is 0 Å². The summed E-state index contributed by atoms with van der Waals surface area (Å²) in [6, 6.07) is 0.490. The van der Waals surface area contributed by atoms with Crippen molar-refractivity contribution in [2.24, 2.45) is 11.7 Å². The van der Waals surface area contributed by atoms with Gasteiger partial charge in [0.05, 0.1) is 0 Å². The van der Waals surface area contributed by atoms with Gasteiger partial charge in [0, 0.05) is 25.0 Å². The summed E-state index contributed by atoms with van der Waals surface area (Å²) >= 11 is 0. The van der Waals surface area contributed by atoms with Crippen LogP contribution in [-0.4, -0.2) is 29.9 Å². The minimum Gasteiger partial charge on any atom is -0.338 e. The van der Waals surface area contributed by atoms with E-state index in [2.05, 4.69) is 4.90 Å². The average molecular weight is 252 g/mol. The minimum absolute atomic E-state index is 0.291. The van der Waals surface area contributed by atoms with Crippen LogP contribution in [0.25, 0.3) is 0 Å². The third-order valence-corrected chi connectivity index (χ3v) is 4.62. The first-order valence-corrected chi connectivity index (χ1v) is 7.83. The van der Waals surface area contributed by atoms with Gasteiger partial charge in [0.1, 0.15) is 0 Å². The Morgan fingerprint density at radius 2 is 1.50 bits per heavy atom. The molecule has 0 spiro atoms. The van der Waals surface area contributed by atoms with E-state index in [1.54, 1.807) is 0 Å². The van der Waals surface area contributed by atoms with Crippen LogP contribution in [0.15, 0.2) is 0 Å². The molecule has 0 saturated heterocycles. The Kier molecular flexibility index (Phi) is 5.48. The molecule has 3 nitrogen and oxygen atoms in total. The second-order valence-corrected chi connectivity index (χ2v) is 5.95. The first-order chi connectivity index (χ1) is 8.83. The second-order valence-electron chi connectivity index (χ2n) is 5.95. The van der Waals surface area contributed by atoms with Crippen LogP contribution in [0.2, 0.25) is 0 Å². The standard InChI is InChI=1S/C15H28N2O/c16-11-12-17(14-9-5-6-10-14)15(18)13-7-3-1-2-4-8-13/h13-14H,1-12,16H2. The number of amides is 1. The molecule has 1 amide bonds. The minimum atomic E-state index is 0.291. The zero-order valence-electron chi connectivity index (χ0n) is 11.6. The molecule has 0 aromatic rings. The molecule has 3 heteroatoms. The molecule has 0 unspecified atom stereocenters. The smallest absolute Gasteiger partial charge is 0.225 e. The highest BCUT2D eigenvalue weighted by molar-refractivity contribution is 5.79. The average Bonchev–Trinajstić information content (AvgIpc) is 2.77. The van der Waals surface area contributed by atoms with E-state index < -0.39 is 0 Å². The Morgan fingerprint density at radius 1 is 0.944 bits per heavy atom. The third kappa shape index (κ3) is 3.47. The van der Waals surface area contributed by atoms with Crippen molar-refractivity contribution in [1.82, 2.24) is 4.90 Å². The van der Waals surface area contributed by atoms with E-state index in [9.17, 15) is 4.79 Å². The molecule has 2 saturated carbocycles. The SMILES string of the molecule is NCCN(C(=O)C1CCCCCC1)C1CCCC1. The van der Waals surface area contributed by atoms with Gasteiger partial charge in [0.15, 0.2) is 0 Å². The normalized spacial score (nSPS) is 22.9. The summed E-state index contributed by atoms with van der Waals surface area (Å²) in [5.41, 5.74) is 5.70. The molecule has 0 bridgehead atoms. The highest BCUT2D eigenvalue weighted by Gasteiger charge is 2.30. The van der Waals surface area contributed by atoms with E-state index in [0.717, 1.165) is 19.4 Å². The first kappa shape index (κ1) is 13.9. The summed E-state index contributed by atoms with van der Waals surface area (Å²) in [5, 5.41) is 0. The zero-order chi connectivity index (χ0) is 12.8. The fourth-order valence-electron chi connectivity index (χ4n) is 3.59. The van der Waals surface area contributed by atoms with Gasteiger partial charge < -0.3 is 10.6 Å². The summed E-state index contributed by atoms with van der Waals surface area (Å²) in [6.07, 6.45) is 12.2. The van der Waals surface area contributed by atoms with E-state index in [-0.39, 0.29) is 0 Å². The maximum absolute atomic E-state index is 12.7. The van der Waals surface area contributed by atoms with Crippen molar-refractivity contribution in [3.63, 3.8) is 0 Å². The van der Waals surface area contributed by atoms with Gasteiger partial charge in [-0.25, -0.2) is 0 Å². The van der Waals surface area contributed by atoms with Gasteiger partial charge in [0.25, 0.3) is 0 Å². The summed E-state index contributed by atoms with van der Waals surface area (Å²) < 4.78 is 0. The molecule has 2 fully saturated rings. The maximum Gasteiger partial charge on any atom is 0.225 e. The lowest BCUT2D eigenvalue weighted by Crippen LogP contribution is -2.45.